The smallest absolute Gasteiger partial charge is 0.322 e. The number of carbonyl (C=O) groups is 3. The summed E-state index contributed by atoms with van der Waals surface area (Å²) in [6, 6.07) is 14.8. The first-order valence-electron chi connectivity index (χ1n) is 11.5. The van der Waals surface area contributed by atoms with Crippen molar-refractivity contribution in [3.63, 3.8) is 0 Å². The Bertz CT molecular complexity index is 1240. The highest BCUT2D eigenvalue weighted by atomic mass is 16.5. The lowest BCUT2D eigenvalue weighted by molar-refractivity contribution is -0.135. The number of ketones is 1. The topological polar surface area (TPSA) is 97.6 Å². The zero-order valence-electron chi connectivity index (χ0n) is 20.2. The molecule has 2 aromatic carbocycles. The van der Waals surface area contributed by atoms with E-state index in [1.807, 2.05) is 79.2 Å². The number of hydrogen-bond donors (Lipinski definition) is 2. The summed E-state index contributed by atoms with van der Waals surface area (Å²) < 4.78 is 7.45. The molecular weight excluding hydrogens is 444 g/mol. The number of aliphatic carboxylic acids is 1. The molecule has 0 bridgehead atoms. The van der Waals surface area contributed by atoms with E-state index in [4.69, 9.17) is 9.84 Å². The van der Waals surface area contributed by atoms with Crippen LogP contribution in [0.2, 0.25) is 0 Å². The van der Waals surface area contributed by atoms with Gasteiger partial charge in [0, 0.05) is 23.9 Å². The summed E-state index contributed by atoms with van der Waals surface area (Å²) in [7, 11) is 1.49. The second kappa shape index (κ2) is 11.8. The molecule has 1 amide bonds. The van der Waals surface area contributed by atoms with Gasteiger partial charge in [0.1, 0.15) is 12.3 Å². The van der Waals surface area contributed by atoms with Crippen LogP contribution in [0.3, 0.4) is 0 Å². The Kier molecular flexibility index (Phi) is 8.62. The molecule has 1 heterocycles. The molecule has 35 heavy (non-hydrogen) atoms. The van der Waals surface area contributed by atoms with Gasteiger partial charge < -0.3 is 19.7 Å². The fourth-order valence-electron chi connectivity index (χ4n) is 3.89. The first-order valence-corrected chi connectivity index (χ1v) is 11.5. The number of hydrogen-bond acceptors (Lipinski definition) is 4. The highest BCUT2D eigenvalue weighted by Crippen LogP contribution is 2.29. The van der Waals surface area contributed by atoms with E-state index in [2.05, 4.69) is 5.32 Å². The summed E-state index contributed by atoms with van der Waals surface area (Å²) in [5.41, 5.74) is 4.12. The second-order valence-corrected chi connectivity index (χ2v) is 8.19. The van der Waals surface area contributed by atoms with E-state index in [1.165, 1.54) is 7.11 Å². The van der Waals surface area contributed by atoms with Crippen LogP contribution in [0.4, 0.5) is 0 Å². The van der Waals surface area contributed by atoms with Crippen molar-refractivity contribution >= 4 is 23.7 Å². The van der Waals surface area contributed by atoms with Crippen LogP contribution in [-0.2, 0) is 17.8 Å². The summed E-state index contributed by atoms with van der Waals surface area (Å²) in [5.74, 6) is -1.27. The fraction of sp³-hybridized carbons (Fsp3) is 0.250. The number of benzene rings is 2. The number of carbonyl (C=O) groups excluding carboxylic acids is 2. The van der Waals surface area contributed by atoms with Crippen LogP contribution in [0, 0.1) is 6.92 Å². The third-order valence-electron chi connectivity index (χ3n) is 5.60. The lowest BCUT2D eigenvalue weighted by Crippen LogP contribution is -2.30. The van der Waals surface area contributed by atoms with Crippen LogP contribution in [0.5, 0.6) is 5.75 Å². The molecule has 1 aromatic heterocycles. The van der Waals surface area contributed by atoms with Gasteiger partial charge in [0.2, 0.25) is 5.78 Å². The molecular formula is C28H30N2O5. The van der Waals surface area contributed by atoms with E-state index in [-0.39, 0.29) is 5.78 Å². The van der Waals surface area contributed by atoms with Crippen molar-refractivity contribution in [2.45, 2.75) is 33.2 Å². The third-order valence-corrected chi connectivity index (χ3v) is 5.60. The van der Waals surface area contributed by atoms with Crippen molar-refractivity contribution in [1.82, 2.24) is 9.88 Å². The highest BCUT2D eigenvalue weighted by molar-refractivity contribution is 6.08. The molecule has 0 unspecified atom stereocenters. The summed E-state index contributed by atoms with van der Waals surface area (Å²) >= 11 is 0. The molecule has 0 aliphatic rings. The van der Waals surface area contributed by atoms with Crippen molar-refractivity contribution in [2.75, 3.05) is 13.7 Å². The zero-order valence-corrected chi connectivity index (χ0v) is 20.2. The summed E-state index contributed by atoms with van der Waals surface area (Å²) in [5, 5.41) is 11.4. The maximum absolute atomic E-state index is 13.0. The lowest BCUT2D eigenvalue weighted by Gasteiger charge is -2.16. The maximum atomic E-state index is 13.0. The largest absolute Gasteiger partial charge is 0.495 e. The van der Waals surface area contributed by atoms with E-state index in [0.717, 1.165) is 17.5 Å². The van der Waals surface area contributed by atoms with E-state index in [0.29, 0.717) is 41.1 Å². The molecule has 0 aliphatic carbocycles. The average Bonchev–Trinajstić information content (AvgIpc) is 3.31. The van der Waals surface area contributed by atoms with Crippen LogP contribution in [0.1, 0.15) is 56.4 Å². The van der Waals surface area contributed by atoms with E-state index in [1.54, 1.807) is 6.07 Å². The number of ether oxygens (including phenoxy) is 1. The molecule has 7 heteroatoms. The molecule has 0 atom stereocenters. The number of methoxy groups -OCH3 is 1. The van der Waals surface area contributed by atoms with Gasteiger partial charge in [-0.25, -0.2) is 0 Å². The first-order chi connectivity index (χ1) is 16.8. The number of rotatable bonds is 11. The first kappa shape index (κ1) is 25.5. The van der Waals surface area contributed by atoms with Crippen molar-refractivity contribution in [2.24, 2.45) is 0 Å². The molecule has 7 nitrogen and oxygen atoms in total. The molecule has 0 saturated heterocycles. The van der Waals surface area contributed by atoms with Gasteiger partial charge in [-0.15, -0.1) is 0 Å². The molecule has 0 fully saturated rings. The van der Waals surface area contributed by atoms with Gasteiger partial charge in [0.05, 0.1) is 18.4 Å². The van der Waals surface area contributed by atoms with Crippen LogP contribution < -0.4 is 10.1 Å². The number of nitrogens with one attached hydrogen (secondary N) is 1. The van der Waals surface area contributed by atoms with E-state index in [9.17, 15) is 14.4 Å². The minimum absolute atomic E-state index is 0.0534. The Balaban J connectivity index is 1.86. The molecule has 0 aliphatic heterocycles. The fourth-order valence-corrected chi connectivity index (χ4v) is 3.89. The summed E-state index contributed by atoms with van der Waals surface area (Å²) in [6.45, 7) is 3.96. The van der Waals surface area contributed by atoms with Crippen LogP contribution in [0.25, 0.3) is 6.08 Å². The van der Waals surface area contributed by atoms with Gasteiger partial charge in [0.15, 0.2) is 0 Å². The quantitative estimate of drug-likeness (QED) is 0.398. The number of allylic oxidation sites excluding steroid dienone is 1. The van der Waals surface area contributed by atoms with Gasteiger partial charge >= 0.3 is 5.97 Å². The number of amides is 1. The summed E-state index contributed by atoms with van der Waals surface area (Å²) in [4.78, 5) is 36.7. The summed E-state index contributed by atoms with van der Waals surface area (Å²) in [6.07, 6.45) is 7.05. The van der Waals surface area contributed by atoms with Gasteiger partial charge in [-0.05, 0) is 31.0 Å². The Morgan fingerprint density at radius 1 is 1.09 bits per heavy atom. The predicted molar refractivity (Wildman–Crippen MR) is 135 cm³/mol. The lowest BCUT2D eigenvalue weighted by atomic mass is 9.97. The normalized spacial score (nSPS) is 10.9. The Hall–Kier alpha value is -4.13. The molecule has 2 N–H and O–H groups in total. The minimum Gasteiger partial charge on any atom is -0.495 e. The average molecular weight is 475 g/mol. The van der Waals surface area contributed by atoms with Crippen molar-refractivity contribution in [3.8, 4) is 5.75 Å². The number of aromatic nitrogens is 1. The van der Waals surface area contributed by atoms with E-state index < -0.39 is 18.4 Å². The van der Waals surface area contributed by atoms with Gasteiger partial charge in [-0.3, -0.25) is 14.4 Å². The number of carboxylic acid groups (broad SMARTS) is 1. The zero-order chi connectivity index (χ0) is 25.4. The number of aryl methyl sites for hydroxylation is 2. The minimum atomic E-state index is -1.12. The molecule has 3 rings (SSSR count). The van der Waals surface area contributed by atoms with Crippen molar-refractivity contribution in [1.29, 1.82) is 0 Å². The second-order valence-electron chi connectivity index (χ2n) is 8.19. The van der Waals surface area contributed by atoms with Crippen LogP contribution in [-0.4, -0.2) is 41.0 Å². The molecule has 0 saturated carbocycles. The van der Waals surface area contributed by atoms with Crippen LogP contribution in [0.15, 0.2) is 60.8 Å². The van der Waals surface area contributed by atoms with Gasteiger partial charge in [0.25, 0.3) is 5.91 Å². The predicted octanol–water partition coefficient (Wildman–Crippen LogP) is 4.52. The number of carboxylic acids is 1. The Morgan fingerprint density at radius 2 is 1.83 bits per heavy atom. The monoisotopic (exact) mass is 474 g/mol. The van der Waals surface area contributed by atoms with E-state index >= 15 is 0 Å². The molecule has 3 aromatic rings. The van der Waals surface area contributed by atoms with Crippen molar-refractivity contribution < 1.29 is 24.2 Å². The molecule has 182 valence electrons. The van der Waals surface area contributed by atoms with Crippen LogP contribution >= 0.6 is 0 Å². The SMILES string of the molecule is CCCc1ccc(/C=C/Cn2cccc2C(=O)c2ccc(C)cc2)c(OC)c1C(=O)NCC(=O)O. The number of nitrogens with zero attached hydrogens (tertiary/aromatic N) is 1. The van der Waals surface area contributed by atoms with Gasteiger partial charge in [-0.1, -0.05) is 67.5 Å². The standard InChI is InChI=1S/C28H30N2O5/c1-4-7-20-14-15-22(27(35-3)25(20)28(34)29-18-24(31)32)8-5-16-30-17-6-9-23(30)26(33)21-12-10-19(2)11-13-21/h5-6,8-15,17H,4,7,16,18H2,1-3H3,(H,29,34)(H,31,32)/b8-5+. The third kappa shape index (κ3) is 6.26. The molecule has 0 radical (unpaired) electrons. The maximum Gasteiger partial charge on any atom is 0.322 e. The Morgan fingerprint density at radius 3 is 2.49 bits per heavy atom. The Labute approximate surface area is 205 Å². The van der Waals surface area contributed by atoms with Crippen molar-refractivity contribution in [3.05, 3.63) is 94.3 Å². The molecule has 0 spiro atoms. The highest BCUT2D eigenvalue weighted by Gasteiger charge is 2.20. The van der Waals surface area contributed by atoms with Gasteiger partial charge in [-0.2, -0.15) is 0 Å².